The fraction of sp³-hybridized carbons (Fsp3) is 0.182. The molecule has 0 aliphatic carbocycles. The minimum absolute atomic E-state index is 0.197. The van der Waals surface area contributed by atoms with Gasteiger partial charge in [0.15, 0.2) is 0 Å². The molecule has 1 aromatic rings. The summed E-state index contributed by atoms with van der Waals surface area (Å²) >= 11 is 0. The van der Waals surface area contributed by atoms with Gasteiger partial charge in [-0.1, -0.05) is 17.9 Å². The van der Waals surface area contributed by atoms with Gasteiger partial charge < -0.3 is 10.2 Å². The molecule has 0 fully saturated rings. The molecule has 1 rings (SSSR count). The lowest BCUT2D eigenvalue weighted by atomic mass is 10.1. The van der Waals surface area contributed by atoms with Crippen molar-refractivity contribution in [3.05, 3.63) is 35.4 Å². The molecule has 0 aromatic heterocycles. The number of benzene rings is 1. The Kier molecular flexibility index (Phi) is 3.27. The van der Waals surface area contributed by atoms with Crippen LogP contribution in [0.3, 0.4) is 0 Å². The topological polar surface area (TPSA) is 57.5 Å². The average Bonchev–Trinajstić information content (AvgIpc) is 2.15. The Hall–Kier alpha value is -1.79. The third-order valence-electron chi connectivity index (χ3n) is 1.53. The van der Waals surface area contributed by atoms with E-state index < -0.39 is 12.1 Å². The largest absolute Gasteiger partial charge is 0.478 e. The van der Waals surface area contributed by atoms with Crippen LogP contribution in [0.4, 0.5) is 0 Å². The van der Waals surface area contributed by atoms with Crippen LogP contribution in [-0.2, 0) is 0 Å². The number of aliphatic hydroxyl groups is 1. The summed E-state index contributed by atoms with van der Waals surface area (Å²) in [5.74, 6) is 4.24. The number of carboxylic acids is 1. The van der Waals surface area contributed by atoms with Gasteiger partial charge in [-0.25, -0.2) is 4.79 Å². The van der Waals surface area contributed by atoms with E-state index in [4.69, 9.17) is 10.2 Å². The van der Waals surface area contributed by atoms with Crippen molar-refractivity contribution in [2.75, 3.05) is 0 Å². The quantitative estimate of drug-likeness (QED) is 0.652. The highest BCUT2D eigenvalue weighted by molar-refractivity contribution is 5.87. The number of aliphatic hydroxyl groups excluding tert-OH is 1. The molecule has 1 atom stereocenters. The highest BCUT2D eigenvalue weighted by Crippen LogP contribution is 2.03. The van der Waals surface area contributed by atoms with Gasteiger partial charge in [-0.05, 0) is 25.1 Å². The van der Waals surface area contributed by atoms with Gasteiger partial charge in [0.1, 0.15) is 6.10 Å². The van der Waals surface area contributed by atoms with Crippen molar-refractivity contribution in [3.63, 3.8) is 0 Å². The van der Waals surface area contributed by atoms with Gasteiger partial charge in [-0.2, -0.15) is 0 Å². The summed E-state index contributed by atoms with van der Waals surface area (Å²) in [4.78, 5) is 10.6. The van der Waals surface area contributed by atoms with Crippen molar-refractivity contribution in [2.45, 2.75) is 13.0 Å². The van der Waals surface area contributed by atoms with E-state index in [-0.39, 0.29) is 5.56 Å². The molecule has 72 valence electrons. The highest BCUT2D eigenvalue weighted by Gasteiger charge is 2.01. The first-order valence-corrected chi connectivity index (χ1v) is 4.12. The molecule has 3 heteroatoms. The Labute approximate surface area is 82.0 Å². The fourth-order valence-electron chi connectivity index (χ4n) is 0.918. The van der Waals surface area contributed by atoms with Crippen LogP contribution in [0.1, 0.15) is 22.8 Å². The number of rotatable bonds is 1. The Morgan fingerprint density at radius 3 is 2.79 bits per heavy atom. The Morgan fingerprint density at radius 1 is 1.50 bits per heavy atom. The van der Waals surface area contributed by atoms with E-state index in [0.29, 0.717) is 5.56 Å². The second kappa shape index (κ2) is 4.45. The molecular formula is C11H10O3. The molecule has 2 N–H and O–H groups in total. The summed E-state index contributed by atoms with van der Waals surface area (Å²) in [6, 6.07) is 6.28. The third kappa shape index (κ3) is 2.92. The predicted octanol–water partition coefficient (Wildman–Crippen LogP) is 1.12. The van der Waals surface area contributed by atoms with Crippen molar-refractivity contribution in [2.24, 2.45) is 0 Å². The molecule has 0 saturated carbocycles. The molecule has 0 amide bonds. The normalized spacial score (nSPS) is 11.3. The van der Waals surface area contributed by atoms with Crippen LogP contribution < -0.4 is 0 Å². The molecule has 0 aliphatic heterocycles. The smallest absolute Gasteiger partial charge is 0.335 e. The van der Waals surface area contributed by atoms with Gasteiger partial charge in [0, 0.05) is 5.56 Å². The summed E-state index contributed by atoms with van der Waals surface area (Å²) < 4.78 is 0. The van der Waals surface area contributed by atoms with Crippen molar-refractivity contribution >= 4 is 5.97 Å². The van der Waals surface area contributed by atoms with Crippen LogP contribution in [-0.4, -0.2) is 22.3 Å². The lowest BCUT2D eigenvalue weighted by Gasteiger charge is -1.94. The Balaban J connectivity index is 2.96. The number of aromatic carboxylic acids is 1. The molecule has 1 unspecified atom stereocenters. The van der Waals surface area contributed by atoms with Crippen molar-refractivity contribution in [3.8, 4) is 11.8 Å². The maximum atomic E-state index is 10.6. The first-order chi connectivity index (χ1) is 6.59. The summed E-state index contributed by atoms with van der Waals surface area (Å²) in [7, 11) is 0. The van der Waals surface area contributed by atoms with E-state index >= 15 is 0 Å². The van der Waals surface area contributed by atoms with E-state index in [1.807, 2.05) is 0 Å². The molecule has 0 spiro atoms. The molecule has 0 bridgehead atoms. The third-order valence-corrected chi connectivity index (χ3v) is 1.53. The number of hydrogen-bond donors (Lipinski definition) is 2. The predicted molar refractivity (Wildman–Crippen MR) is 52.0 cm³/mol. The van der Waals surface area contributed by atoms with Crippen LogP contribution in [0.25, 0.3) is 0 Å². The average molecular weight is 190 g/mol. The molecular weight excluding hydrogens is 180 g/mol. The Morgan fingerprint density at radius 2 is 2.21 bits per heavy atom. The molecule has 3 nitrogen and oxygen atoms in total. The van der Waals surface area contributed by atoms with E-state index in [0.717, 1.165) is 0 Å². The van der Waals surface area contributed by atoms with Crippen LogP contribution in [0.5, 0.6) is 0 Å². The summed E-state index contributed by atoms with van der Waals surface area (Å²) in [5, 5.41) is 17.6. The van der Waals surface area contributed by atoms with E-state index in [1.165, 1.54) is 12.1 Å². The lowest BCUT2D eigenvalue weighted by molar-refractivity contribution is 0.0697. The molecule has 0 heterocycles. The number of hydrogen-bond acceptors (Lipinski definition) is 2. The fourth-order valence-corrected chi connectivity index (χ4v) is 0.918. The van der Waals surface area contributed by atoms with Gasteiger partial charge in [0.05, 0.1) is 5.56 Å². The van der Waals surface area contributed by atoms with Gasteiger partial charge >= 0.3 is 5.97 Å². The van der Waals surface area contributed by atoms with Crippen LogP contribution in [0, 0.1) is 11.8 Å². The SMILES string of the molecule is CC(O)C#Cc1cccc(C(=O)O)c1. The van der Waals surface area contributed by atoms with E-state index in [1.54, 1.807) is 19.1 Å². The van der Waals surface area contributed by atoms with Gasteiger partial charge in [-0.3, -0.25) is 0 Å². The van der Waals surface area contributed by atoms with Gasteiger partial charge in [0.25, 0.3) is 0 Å². The summed E-state index contributed by atoms with van der Waals surface area (Å²) in [6.07, 6.45) is -0.705. The molecule has 0 saturated heterocycles. The van der Waals surface area contributed by atoms with Crippen LogP contribution >= 0.6 is 0 Å². The number of carbonyl (C=O) groups is 1. The Bertz CT molecular complexity index is 396. The second-order valence-electron chi connectivity index (χ2n) is 2.83. The standard InChI is InChI=1S/C11H10O3/c1-8(12)5-6-9-3-2-4-10(7-9)11(13)14/h2-4,7-8,12H,1H3,(H,13,14). The van der Waals surface area contributed by atoms with Gasteiger partial charge in [0.2, 0.25) is 0 Å². The van der Waals surface area contributed by atoms with Crippen molar-refractivity contribution < 1.29 is 15.0 Å². The van der Waals surface area contributed by atoms with Crippen LogP contribution in [0.2, 0.25) is 0 Å². The molecule has 14 heavy (non-hydrogen) atoms. The zero-order valence-electron chi connectivity index (χ0n) is 7.69. The summed E-state index contributed by atoms with van der Waals surface area (Å²) in [5.41, 5.74) is 0.785. The molecule has 0 radical (unpaired) electrons. The second-order valence-corrected chi connectivity index (χ2v) is 2.83. The van der Waals surface area contributed by atoms with Crippen LogP contribution in [0.15, 0.2) is 24.3 Å². The lowest BCUT2D eigenvalue weighted by Crippen LogP contribution is -1.96. The summed E-state index contributed by atoms with van der Waals surface area (Å²) in [6.45, 7) is 1.55. The zero-order chi connectivity index (χ0) is 10.6. The van der Waals surface area contributed by atoms with Gasteiger partial charge in [-0.15, -0.1) is 0 Å². The number of carboxylic acid groups (broad SMARTS) is 1. The minimum atomic E-state index is -0.981. The van der Waals surface area contributed by atoms with Crippen molar-refractivity contribution in [1.82, 2.24) is 0 Å². The maximum Gasteiger partial charge on any atom is 0.335 e. The van der Waals surface area contributed by atoms with E-state index in [9.17, 15) is 4.79 Å². The first kappa shape index (κ1) is 10.3. The monoisotopic (exact) mass is 190 g/mol. The van der Waals surface area contributed by atoms with Crippen molar-refractivity contribution in [1.29, 1.82) is 0 Å². The minimum Gasteiger partial charge on any atom is -0.478 e. The maximum absolute atomic E-state index is 10.6. The first-order valence-electron chi connectivity index (χ1n) is 4.12. The van der Waals surface area contributed by atoms with E-state index in [2.05, 4.69) is 11.8 Å². The molecule has 1 aromatic carbocycles. The zero-order valence-corrected chi connectivity index (χ0v) is 7.69. The highest BCUT2D eigenvalue weighted by atomic mass is 16.4. The molecule has 0 aliphatic rings.